The van der Waals surface area contributed by atoms with Crippen molar-refractivity contribution in [1.29, 1.82) is 0 Å². The second kappa shape index (κ2) is 13.3. The number of aryl methyl sites for hydroxylation is 2. The molecule has 0 saturated carbocycles. The lowest BCUT2D eigenvalue weighted by Crippen LogP contribution is -2.28. The van der Waals surface area contributed by atoms with E-state index in [9.17, 15) is 0 Å². The normalized spacial score (nSPS) is 11.9. The van der Waals surface area contributed by atoms with Gasteiger partial charge in [-0.25, -0.2) is 0 Å². The van der Waals surface area contributed by atoms with Crippen LogP contribution in [0.4, 0.5) is 0 Å². The molecule has 0 aliphatic rings. The van der Waals surface area contributed by atoms with Crippen molar-refractivity contribution in [3.63, 3.8) is 0 Å². The molecule has 0 saturated heterocycles. The van der Waals surface area contributed by atoms with Crippen LogP contribution in [0, 0.1) is 13.8 Å². The van der Waals surface area contributed by atoms with Crippen LogP contribution in [0.3, 0.4) is 0 Å². The Bertz CT molecular complexity index is 934. The maximum absolute atomic E-state index is 4.72. The number of hydrogen-bond donors (Lipinski definition) is 2. The number of rotatable bonds is 11. The van der Waals surface area contributed by atoms with Gasteiger partial charge in [0, 0.05) is 37.8 Å². The lowest BCUT2D eigenvalue weighted by molar-refractivity contribution is 0.691. The van der Waals surface area contributed by atoms with E-state index in [0.29, 0.717) is 0 Å². The Kier molecular flexibility index (Phi) is 10.5. The van der Waals surface area contributed by atoms with Gasteiger partial charge in [0.2, 0.25) is 0 Å². The van der Waals surface area contributed by atoms with Crippen molar-refractivity contribution in [3.8, 4) is 0 Å². The van der Waals surface area contributed by atoms with Crippen LogP contribution < -0.4 is 10.6 Å². The molecule has 0 amide bonds. The minimum Gasteiger partial charge on any atom is -0.370 e. The molecule has 0 aliphatic heterocycles. The highest BCUT2D eigenvalue weighted by molar-refractivity contribution is 6.22. The lowest BCUT2D eigenvalue weighted by atomic mass is 10.0. The Morgan fingerprint density at radius 3 is 1.62 bits per heavy atom. The van der Waals surface area contributed by atoms with Crippen LogP contribution in [0.25, 0.3) is 11.1 Å². The summed E-state index contributed by atoms with van der Waals surface area (Å²) in [7, 11) is 1.80. The fourth-order valence-corrected chi connectivity index (χ4v) is 3.25. The quantitative estimate of drug-likeness (QED) is 0.268. The molecule has 2 aromatic rings. The van der Waals surface area contributed by atoms with Gasteiger partial charge >= 0.3 is 0 Å². The molecule has 0 bridgehead atoms. The summed E-state index contributed by atoms with van der Waals surface area (Å²) < 4.78 is 0. The summed E-state index contributed by atoms with van der Waals surface area (Å²) in [6.07, 6.45) is 3.05. The third kappa shape index (κ3) is 7.84. The van der Waals surface area contributed by atoms with Crippen molar-refractivity contribution in [2.75, 3.05) is 26.7 Å². The Hall–Kier alpha value is -3.14. The van der Waals surface area contributed by atoms with Gasteiger partial charge in [0.15, 0.2) is 0 Å². The summed E-state index contributed by atoms with van der Waals surface area (Å²) in [6.45, 7) is 17.3. The molecular formula is C28H38N4. The van der Waals surface area contributed by atoms with Gasteiger partial charge < -0.3 is 10.6 Å². The molecule has 4 nitrogen and oxygen atoms in total. The first-order valence-corrected chi connectivity index (χ1v) is 11.5. The van der Waals surface area contributed by atoms with Crippen molar-refractivity contribution in [1.82, 2.24) is 10.6 Å². The molecule has 2 rings (SSSR count). The molecule has 0 atom stereocenters. The van der Waals surface area contributed by atoms with Gasteiger partial charge in [-0.2, -0.15) is 0 Å². The fourth-order valence-electron chi connectivity index (χ4n) is 3.25. The highest BCUT2D eigenvalue weighted by atomic mass is 15.0. The molecule has 2 aromatic carbocycles. The molecule has 170 valence electrons. The van der Waals surface area contributed by atoms with Crippen LogP contribution in [0.15, 0.2) is 71.7 Å². The summed E-state index contributed by atoms with van der Waals surface area (Å²) >= 11 is 0. The highest BCUT2D eigenvalue weighted by Crippen LogP contribution is 2.15. The van der Waals surface area contributed by atoms with Crippen molar-refractivity contribution >= 4 is 22.8 Å². The SMILES string of the molecule is C=C(C(=NC)NCCCCNC(=NCCC)C(=C)c1ccc(C)cc1)c1ccc(C)cc1. The van der Waals surface area contributed by atoms with E-state index in [1.54, 1.807) is 7.05 Å². The number of amidine groups is 2. The zero-order valence-corrected chi connectivity index (χ0v) is 20.2. The second-order valence-electron chi connectivity index (χ2n) is 8.05. The predicted molar refractivity (Wildman–Crippen MR) is 142 cm³/mol. The number of nitrogens with one attached hydrogen (secondary N) is 2. The van der Waals surface area contributed by atoms with Crippen molar-refractivity contribution in [2.24, 2.45) is 9.98 Å². The van der Waals surface area contributed by atoms with Crippen LogP contribution in [0.1, 0.15) is 48.4 Å². The van der Waals surface area contributed by atoms with E-state index in [-0.39, 0.29) is 0 Å². The molecule has 0 aromatic heterocycles. The molecule has 0 heterocycles. The van der Waals surface area contributed by atoms with Crippen molar-refractivity contribution < 1.29 is 0 Å². The minimum atomic E-state index is 0.798. The maximum atomic E-state index is 4.72. The molecular weight excluding hydrogens is 392 g/mol. The van der Waals surface area contributed by atoms with E-state index in [0.717, 1.165) is 72.8 Å². The van der Waals surface area contributed by atoms with Crippen LogP contribution in [0.5, 0.6) is 0 Å². The first kappa shape index (κ1) is 25.1. The van der Waals surface area contributed by atoms with E-state index in [4.69, 9.17) is 4.99 Å². The van der Waals surface area contributed by atoms with Crippen molar-refractivity contribution in [3.05, 3.63) is 83.9 Å². The number of nitrogens with zero attached hydrogens (tertiary/aromatic N) is 2. The maximum Gasteiger partial charge on any atom is 0.128 e. The number of benzene rings is 2. The largest absolute Gasteiger partial charge is 0.370 e. The molecule has 0 unspecified atom stereocenters. The van der Waals surface area contributed by atoms with Crippen molar-refractivity contribution in [2.45, 2.75) is 40.0 Å². The van der Waals surface area contributed by atoms with Crippen LogP contribution in [0.2, 0.25) is 0 Å². The number of hydrogen-bond acceptors (Lipinski definition) is 2. The summed E-state index contributed by atoms with van der Waals surface area (Å²) in [5, 5.41) is 6.93. The average Bonchev–Trinajstić information content (AvgIpc) is 2.80. The first-order valence-electron chi connectivity index (χ1n) is 11.5. The van der Waals surface area contributed by atoms with E-state index < -0.39 is 0 Å². The first-order chi connectivity index (χ1) is 15.5. The highest BCUT2D eigenvalue weighted by Gasteiger charge is 2.08. The molecule has 0 fully saturated rings. The van der Waals surface area contributed by atoms with E-state index in [1.807, 2.05) is 0 Å². The molecule has 4 heteroatoms. The zero-order valence-electron chi connectivity index (χ0n) is 20.2. The summed E-state index contributed by atoms with van der Waals surface area (Å²) in [5.41, 5.74) is 6.56. The minimum absolute atomic E-state index is 0.798. The Morgan fingerprint density at radius 2 is 1.19 bits per heavy atom. The number of aliphatic imine (C=N–C) groups is 2. The average molecular weight is 431 g/mol. The summed E-state index contributed by atoms with van der Waals surface area (Å²) in [5.74, 6) is 1.74. The summed E-state index contributed by atoms with van der Waals surface area (Å²) in [4.78, 5) is 9.11. The zero-order chi connectivity index (χ0) is 23.3. The van der Waals surface area contributed by atoms with Gasteiger partial charge in [-0.1, -0.05) is 79.7 Å². The second-order valence-corrected chi connectivity index (χ2v) is 8.05. The lowest BCUT2D eigenvalue weighted by Gasteiger charge is -2.15. The standard InChI is InChI=1S/C28H38N4/c1-7-18-30-28(24(5)26-16-12-22(3)13-17-26)32-20-9-8-19-31-27(29-6)23(4)25-14-10-21(2)11-15-25/h10-17H,4-5,7-9,18-20H2,1-3,6H3,(H,29,31)(H,30,32). The van der Waals surface area contributed by atoms with E-state index in [1.165, 1.54) is 11.1 Å². The molecule has 0 spiro atoms. The van der Waals surface area contributed by atoms with Crippen LogP contribution >= 0.6 is 0 Å². The van der Waals surface area contributed by atoms with Crippen LogP contribution in [-0.2, 0) is 0 Å². The van der Waals surface area contributed by atoms with Gasteiger partial charge in [0.25, 0.3) is 0 Å². The summed E-state index contributed by atoms with van der Waals surface area (Å²) in [6, 6.07) is 16.8. The van der Waals surface area contributed by atoms with Gasteiger partial charge in [0.05, 0.1) is 0 Å². The van der Waals surface area contributed by atoms with E-state index in [2.05, 4.69) is 98.1 Å². The van der Waals surface area contributed by atoms with E-state index >= 15 is 0 Å². The van der Waals surface area contributed by atoms with Gasteiger partial charge in [0.1, 0.15) is 11.7 Å². The molecule has 0 radical (unpaired) electrons. The Morgan fingerprint density at radius 1 is 0.750 bits per heavy atom. The Balaban J connectivity index is 1.81. The number of unbranched alkanes of at least 4 members (excludes halogenated alkanes) is 1. The fraction of sp³-hybridized carbons (Fsp3) is 0.357. The molecule has 32 heavy (non-hydrogen) atoms. The van der Waals surface area contributed by atoms with Gasteiger partial charge in [-0.3, -0.25) is 9.98 Å². The smallest absolute Gasteiger partial charge is 0.128 e. The third-order valence-electron chi connectivity index (χ3n) is 5.28. The third-order valence-corrected chi connectivity index (χ3v) is 5.28. The topological polar surface area (TPSA) is 48.8 Å². The van der Waals surface area contributed by atoms with Gasteiger partial charge in [-0.15, -0.1) is 0 Å². The molecule has 0 aliphatic carbocycles. The molecule has 2 N–H and O–H groups in total. The monoisotopic (exact) mass is 430 g/mol. The Labute approximate surface area is 194 Å². The predicted octanol–water partition coefficient (Wildman–Crippen LogP) is 5.83. The van der Waals surface area contributed by atoms with Crippen LogP contribution in [-0.4, -0.2) is 38.4 Å². The van der Waals surface area contributed by atoms with Gasteiger partial charge in [-0.05, 0) is 44.2 Å².